The van der Waals surface area contributed by atoms with Gasteiger partial charge >= 0.3 is 6.18 Å². The molecular weight excluding hydrogens is 535 g/mol. The Morgan fingerprint density at radius 2 is 1.74 bits per heavy atom. The third kappa shape index (κ3) is 8.35. The monoisotopic (exact) mass is 569 g/mol. The number of hydrogen-bond donors (Lipinski definition) is 1. The Bertz CT molecular complexity index is 1260. The smallest absolute Gasteiger partial charge is 0.416 e. The molecule has 0 heterocycles. The van der Waals surface area contributed by atoms with Crippen molar-refractivity contribution in [1.82, 2.24) is 10.2 Å². The van der Waals surface area contributed by atoms with E-state index in [2.05, 4.69) is 5.32 Å². The minimum Gasteiger partial charge on any atom is -0.497 e. The molecule has 1 fully saturated rings. The Hall–Kier alpha value is -3.28. The lowest BCUT2D eigenvalue weighted by Crippen LogP contribution is -2.53. The van der Waals surface area contributed by atoms with Crippen LogP contribution in [0.25, 0.3) is 0 Å². The number of ether oxygens (including phenoxy) is 1. The molecule has 1 aliphatic carbocycles. The molecule has 2 amide bonds. The maximum Gasteiger partial charge on any atom is 0.416 e. The van der Waals surface area contributed by atoms with E-state index in [0.717, 1.165) is 50.5 Å². The van der Waals surface area contributed by atoms with Crippen LogP contribution in [0.3, 0.4) is 0 Å². The molecule has 1 saturated carbocycles. The first-order chi connectivity index (χ1) is 18.3. The highest BCUT2D eigenvalue weighted by Gasteiger charge is 2.34. The summed E-state index contributed by atoms with van der Waals surface area (Å²) in [5.74, 6) is -0.601. The van der Waals surface area contributed by atoms with Crippen LogP contribution in [-0.4, -0.2) is 57.1 Å². The molecule has 8 nitrogen and oxygen atoms in total. The highest BCUT2D eigenvalue weighted by Crippen LogP contribution is 2.32. The van der Waals surface area contributed by atoms with Gasteiger partial charge in [0.2, 0.25) is 21.8 Å². The van der Waals surface area contributed by atoms with Crippen LogP contribution in [0, 0.1) is 0 Å². The number of methoxy groups -OCH3 is 1. The van der Waals surface area contributed by atoms with Crippen LogP contribution < -0.4 is 14.4 Å². The maximum atomic E-state index is 13.6. The predicted molar refractivity (Wildman–Crippen MR) is 142 cm³/mol. The average Bonchev–Trinajstić information content (AvgIpc) is 2.89. The number of alkyl halides is 3. The molecule has 1 unspecified atom stereocenters. The van der Waals surface area contributed by atoms with Crippen LogP contribution in [0.15, 0.2) is 48.5 Å². The third-order valence-corrected chi connectivity index (χ3v) is 7.89. The van der Waals surface area contributed by atoms with Gasteiger partial charge in [-0.1, -0.05) is 37.5 Å². The number of nitrogens with zero attached hydrogens (tertiary/aromatic N) is 2. The molecule has 12 heteroatoms. The Morgan fingerprint density at radius 1 is 1.08 bits per heavy atom. The van der Waals surface area contributed by atoms with Crippen LogP contribution >= 0.6 is 0 Å². The summed E-state index contributed by atoms with van der Waals surface area (Å²) in [5.41, 5.74) is -0.721. The molecule has 1 aliphatic rings. The number of carbonyl (C=O) groups excluding carboxylic acids is 2. The molecule has 3 rings (SSSR count). The normalized spacial score (nSPS) is 15.3. The lowest BCUT2D eigenvalue weighted by molar-refractivity contribution is -0.139. The lowest BCUT2D eigenvalue weighted by atomic mass is 9.95. The van der Waals surface area contributed by atoms with Crippen molar-refractivity contribution in [3.63, 3.8) is 0 Å². The SMILES string of the molecule is COc1cccc(CN(C(=O)CN(c2cccc(C(F)(F)F)c2)S(C)(=O)=O)C(C)C(=O)NC2CCCCC2)c1. The van der Waals surface area contributed by atoms with Crippen LogP contribution in [-0.2, 0) is 32.3 Å². The van der Waals surface area contributed by atoms with Gasteiger partial charge in [0.15, 0.2) is 0 Å². The lowest BCUT2D eigenvalue weighted by Gasteiger charge is -2.33. The second-order valence-corrected chi connectivity index (χ2v) is 11.6. The van der Waals surface area contributed by atoms with Gasteiger partial charge in [-0.05, 0) is 55.7 Å². The molecule has 39 heavy (non-hydrogen) atoms. The molecule has 0 bridgehead atoms. The van der Waals surface area contributed by atoms with Crippen molar-refractivity contribution in [2.75, 3.05) is 24.2 Å². The quantitative estimate of drug-likeness (QED) is 0.459. The molecule has 1 atom stereocenters. The number of hydrogen-bond acceptors (Lipinski definition) is 5. The summed E-state index contributed by atoms with van der Waals surface area (Å²) in [4.78, 5) is 28.1. The van der Waals surface area contributed by atoms with Crippen LogP contribution in [0.4, 0.5) is 18.9 Å². The Kier molecular flexibility index (Phi) is 9.87. The van der Waals surface area contributed by atoms with Gasteiger partial charge in [-0.15, -0.1) is 0 Å². The van der Waals surface area contributed by atoms with Crippen molar-refractivity contribution >= 4 is 27.5 Å². The Morgan fingerprint density at radius 3 is 2.36 bits per heavy atom. The zero-order valence-electron chi connectivity index (χ0n) is 22.2. The fraction of sp³-hybridized carbons (Fsp3) is 0.481. The topological polar surface area (TPSA) is 96.0 Å². The fourth-order valence-electron chi connectivity index (χ4n) is 4.57. The van der Waals surface area contributed by atoms with Gasteiger partial charge in [0.1, 0.15) is 18.3 Å². The van der Waals surface area contributed by atoms with Gasteiger partial charge in [-0.25, -0.2) is 8.42 Å². The number of benzene rings is 2. The molecule has 0 spiro atoms. The van der Waals surface area contributed by atoms with E-state index in [9.17, 15) is 31.2 Å². The average molecular weight is 570 g/mol. The van der Waals surface area contributed by atoms with E-state index in [1.807, 2.05) is 0 Å². The van der Waals surface area contributed by atoms with Crippen molar-refractivity contribution in [1.29, 1.82) is 0 Å². The Labute approximate surface area is 227 Å². The zero-order valence-corrected chi connectivity index (χ0v) is 23.0. The summed E-state index contributed by atoms with van der Waals surface area (Å²) < 4.78 is 71.1. The number of rotatable bonds is 10. The molecule has 1 N–H and O–H groups in total. The highest BCUT2D eigenvalue weighted by atomic mass is 32.2. The summed E-state index contributed by atoms with van der Waals surface area (Å²) in [6, 6.07) is 9.63. The summed E-state index contributed by atoms with van der Waals surface area (Å²) in [6.45, 7) is 0.714. The molecule has 0 radical (unpaired) electrons. The summed E-state index contributed by atoms with van der Waals surface area (Å²) >= 11 is 0. The summed E-state index contributed by atoms with van der Waals surface area (Å²) in [5, 5.41) is 2.99. The second kappa shape index (κ2) is 12.7. The van der Waals surface area contributed by atoms with E-state index in [1.54, 1.807) is 31.2 Å². The second-order valence-electron chi connectivity index (χ2n) is 9.71. The first-order valence-corrected chi connectivity index (χ1v) is 14.5. The molecule has 0 aliphatic heterocycles. The minimum atomic E-state index is -4.70. The number of sulfonamides is 1. The number of halogens is 3. The van der Waals surface area contributed by atoms with E-state index in [0.29, 0.717) is 21.7 Å². The predicted octanol–water partition coefficient (Wildman–Crippen LogP) is 4.35. The number of carbonyl (C=O) groups is 2. The van der Waals surface area contributed by atoms with Crippen LogP contribution in [0.1, 0.15) is 50.2 Å². The minimum absolute atomic E-state index is 0.0138. The number of anilines is 1. The van der Waals surface area contributed by atoms with Crippen molar-refractivity contribution in [2.24, 2.45) is 0 Å². The van der Waals surface area contributed by atoms with Crippen LogP contribution in [0.5, 0.6) is 5.75 Å². The van der Waals surface area contributed by atoms with Crippen LogP contribution in [0.2, 0.25) is 0 Å². The first-order valence-electron chi connectivity index (χ1n) is 12.7. The molecule has 2 aromatic rings. The van der Waals surface area contributed by atoms with E-state index < -0.39 is 40.3 Å². The van der Waals surface area contributed by atoms with E-state index in [-0.39, 0.29) is 24.2 Å². The molecule has 214 valence electrons. The fourth-order valence-corrected chi connectivity index (χ4v) is 5.41. The molecule has 2 aromatic carbocycles. The van der Waals surface area contributed by atoms with Gasteiger partial charge in [-0.2, -0.15) is 13.2 Å². The van der Waals surface area contributed by atoms with Gasteiger partial charge < -0.3 is 15.0 Å². The molecule has 0 saturated heterocycles. The van der Waals surface area contributed by atoms with Gasteiger partial charge in [0.25, 0.3) is 0 Å². The van der Waals surface area contributed by atoms with Crippen molar-refractivity contribution in [3.05, 3.63) is 59.7 Å². The third-order valence-electron chi connectivity index (χ3n) is 6.75. The van der Waals surface area contributed by atoms with E-state index >= 15 is 0 Å². The van der Waals surface area contributed by atoms with Gasteiger partial charge in [0.05, 0.1) is 24.6 Å². The van der Waals surface area contributed by atoms with E-state index in [1.165, 1.54) is 18.1 Å². The molecule has 0 aromatic heterocycles. The Balaban J connectivity index is 1.92. The van der Waals surface area contributed by atoms with Crippen molar-refractivity contribution in [2.45, 2.75) is 63.8 Å². The maximum absolute atomic E-state index is 13.6. The van der Waals surface area contributed by atoms with E-state index in [4.69, 9.17) is 4.74 Å². The number of nitrogens with one attached hydrogen (secondary N) is 1. The highest BCUT2D eigenvalue weighted by molar-refractivity contribution is 7.92. The van der Waals surface area contributed by atoms with Gasteiger partial charge in [0, 0.05) is 12.6 Å². The zero-order chi connectivity index (χ0) is 28.8. The molecular formula is C27H34F3N3O5S. The first kappa shape index (κ1) is 30.3. The summed E-state index contributed by atoms with van der Waals surface area (Å²) in [6.07, 6.45) is 0.857. The van der Waals surface area contributed by atoms with Gasteiger partial charge in [-0.3, -0.25) is 13.9 Å². The largest absolute Gasteiger partial charge is 0.497 e. The number of amides is 2. The van der Waals surface area contributed by atoms with Crippen molar-refractivity contribution < 1.29 is 35.9 Å². The summed E-state index contributed by atoms with van der Waals surface area (Å²) in [7, 11) is -2.68. The standard InChI is InChI=1S/C27H34F3N3O5S/c1-19(26(35)31-22-11-5-4-6-12-22)32(17-20-9-7-14-24(15-20)38-2)25(34)18-33(39(3,36)37)23-13-8-10-21(16-23)27(28,29)30/h7-10,13-16,19,22H,4-6,11-12,17-18H2,1-3H3,(H,31,35). The van der Waals surface area contributed by atoms with Crippen molar-refractivity contribution in [3.8, 4) is 5.75 Å².